The third-order valence-electron chi connectivity index (χ3n) is 5.12. The van der Waals surface area contributed by atoms with Gasteiger partial charge in [-0.3, -0.25) is 19.2 Å². The largest absolute Gasteiger partial charge is 0.444 e. The summed E-state index contributed by atoms with van der Waals surface area (Å²) in [4.78, 5) is 40.0. The Morgan fingerprint density at radius 1 is 1.30 bits per heavy atom. The lowest BCUT2D eigenvalue weighted by Crippen LogP contribution is -2.47. The van der Waals surface area contributed by atoms with Crippen LogP contribution in [0.2, 0.25) is 0 Å². The molecule has 2 aliphatic heterocycles. The molecule has 148 valence electrons. The zero-order chi connectivity index (χ0) is 20.1. The molecule has 9 heteroatoms. The lowest BCUT2D eigenvalue weighted by molar-refractivity contribution is -0.124. The number of nitrogens with two attached hydrogens (primary N) is 1. The van der Waals surface area contributed by atoms with E-state index in [2.05, 4.69) is 5.10 Å². The Balaban J connectivity index is 1.89. The van der Waals surface area contributed by atoms with Gasteiger partial charge in [0.2, 0.25) is 11.8 Å². The highest BCUT2D eigenvalue weighted by Gasteiger charge is 2.43. The standard InChI is InChI=1S/C18H27N5O4/c1-10-8-22-14(9-21(10)17(26)27-18(3,4)5)13(7-20-22)23-11(2)12(16(19)25)6-15(23)24/h7,10-12H,6,8-9H2,1-5H3,(H2,19,25)/t10-,11-,12-/m0/s1. The minimum absolute atomic E-state index is 0.0906. The van der Waals surface area contributed by atoms with Crippen molar-refractivity contribution in [2.24, 2.45) is 11.7 Å². The van der Waals surface area contributed by atoms with E-state index in [-0.39, 0.29) is 31.0 Å². The van der Waals surface area contributed by atoms with Crippen LogP contribution in [0.3, 0.4) is 0 Å². The smallest absolute Gasteiger partial charge is 0.410 e. The molecule has 0 unspecified atom stereocenters. The lowest BCUT2D eigenvalue weighted by Gasteiger charge is -2.36. The highest BCUT2D eigenvalue weighted by atomic mass is 16.6. The maximum absolute atomic E-state index is 12.6. The van der Waals surface area contributed by atoms with Gasteiger partial charge in [0.05, 0.1) is 42.6 Å². The molecule has 1 fully saturated rings. The SMILES string of the molecule is C[C@H]1Cn2ncc(N3C(=O)C[C@H](C(N)=O)[C@@H]3C)c2CN1C(=O)OC(C)(C)C. The average Bonchev–Trinajstić information content (AvgIpc) is 3.04. The van der Waals surface area contributed by atoms with Crippen molar-refractivity contribution in [3.8, 4) is 0 Å². The molecule has 27 heavy (non-hydrogen) atoms. The first-order chi connectivity index (χ1) is 12.5. The fourth-order valence-corrected chi connectivity index (χ4v) is 3.71. The van der Waals surface area contributed by atoms with E-state index in [1.807, 2.05) is 34.6 Å². The fraction of sp³-hybridized carbons (Fsp3) is 0.667. The maximum Gasteiger partial charge on any atom is 0.410 e. The van der Waals surface area contributed by atoms with E-state index in [4.69, 9.17) is 10.5 Å². The molecule has 0 saturated carbocycles. The predicted octanol–water partition coefficient (Wildman–Crippen LogP) is 1.25. The van der Waals surface area contributed by atoms with Crippen LogP contribution in [0.1, 0.15) is 46.7 Å². The summed E-state index contributed by atoms with van der Waals surface area (Å²) in [5.74, 6) is -1.18. The Bertz CT molecular complexity index is 781. The highest BCUT2D eigenvalue weighted by Crippen LogP contribution is 2.35. The molecular weight excluding hydrogens is 350 g/mol. The molecule has 0 bridgehead atoms. The summed E-state index contributed by atoms with van der Waals surface area (Å²) >= 11 is 0. The predicted molar refractivity (Wildman–Crippen MR) is 97.7 cm³/mol. The Morgan fingerprint density at radius 2 is 1.96 bits per heavy atom. The van der Waals surface area contributed by atoms with E-state index in [0.717, 1.165) is 5.69 Å². The molecule has 0 spiro atoms. The number of nitrogens with zero attached hydrogens (tertiary/aromatic N) is 4. The van der Waals surface area contributed by atoms with E-state index in [1.165, 1.54) is 0 Å². The van der Waals surface area contributed by atoms with E-state index >= 15 is 0 Å². The number of primary amides is 1. The van der Waals surface area contributed by atoms with Crippen molar-refractivity contribution in [2.45, 2.75) is 71.8 Å². The van der Waals surface area contributed by atoms with Crippen LogP contribution < -0.4 is 10.6 Å². The molecule has 0 aromatic carbocycles. The van der Waals surface area contributed by atoms with Crippen LogP contribution in [0.15, 0.2) is 6.20 Å². The second kappa shape index (κ2) is 6.54. The van der Waals surface area contributed by atoms with Gasteiger partial charge in [-0.2, -0.15) is 5.10 Å². The quantitative estimate of drug-likeness (QED) is 0.834. The van der Waals surface area contributed by atoms with Crippen LogP contribution in [-0.4, -0.2) is 50.3 Å². The van der Waals surface area contributed by atoms with Crippen molar-refractivity contribution in [3.05, 3.63) is 11.9 Å². The minimum atomic E-state index is -0.592. The van der Waals surface area contributed by atoms with Crippen molar-refractivity contribution < 1.29 is 19.1 Å². The number of hydrogen-bond acceptors (Lipinski definition) is 5. The molecule has 3 heterocycles. The van der Waals surface area contributed by atoms with Gasteiger partial charge in [0.1, 0.15) is 5.60 Å². The lowest BCUT2D eigenvalue weighted by atomic mass is 10.0. The number of hydrogen-bond donors (Lipinski definition) is 1. The van der Waals surface area contributed by atoms with Gasteiger partial charge < -0.3 is 15.4 Å². The molecule has 1 aromatic rings. The molecule has 0 radical (unpaired) electrons. The van der Waals surface area contributed by atoms with Crippen molar-refractivity contribution in [3.63, 3.8) is 0 Å². The molecule has 3 amide bonds. The van der Waals surface area contributed by atoms with Gasteiger partial charge in [0.25, 0.3) is 0 Å². The number of carbonyl (C=O) groups is 3. The second-order valence-corrected chi connectivity index (χ2v) is 8.33. The molecule has 0 aliphatic carbocycles. The van der Waals surface area contributed by atoms with Crippen LogP contribution in [0, 0.1) is 5.92 Å². The van der Waals surface area contributed by atoms with Gasteiger partial charge in [0, 0.05) is 12.5 Å². The summed E-state index contributed by atoms with van der Waals surface area (Å²) in [6.45, 7) is 9.99. The van der Waals surface area contributed by atoms with Crippen LogP contribution in [0.5, 0.6) is 0 Å². The van der Waals surface area contributed by atoms with Gasteiger partial charge in [-0.25, -0.2) is 4.79 Å². The first-order valence-corrected chi connectivity index (χ1v) is 9.15. The first-order valence-electron chi connectivity index (χ1n) is 9.15. The zero-order valence-corrected chi connectivity index (χ0v) is 16.4. The molecule has 2 aliphatic rings. The van der Waals surface area contributed by atoms with Gasteiger partial charge in [-0.1, -0.05) is 0 Å². The monoisotopic (exact) mass is 377 g/mol. The number of amides is 3. The summed E-state index contributed by atoms with van der Waals surface area (Å²) in [6.07, 6.45) is 1.32. The maximum atomic E-state index is 12.6. The van der Waals surface area contributed by atoms with Crippen LogP contribution in [0.4, 0.5) is 10.5 Å². The molecule has 1 saturated heterocycles. The zero-order valence-electron chi connectivity index (χ0n) is 16.4. The summed E-state index contributed by atoms with van der Waals surface area (Å²) in [5.41, 5.74) is 6.22. The summed E-state index contributed by atoms with van der Waals surface area (Å²) in [6, 6.07) is -0.441. The third-order valence-corrected chi connectivity index (χ3v) is 5.12. The number of rotatable bonds is 2. The molecule has 3 atom stereocenters. The first kappa shape index (κ1) is 19.2. The van der Waals surface area contributed by atoms with Gasteiger partial charge in [0.15, 0.2) is 0 Å². The molecule has 1 aromatic heterocycles. The Hall–Kier alpha value is -2.58. The van der Waals surface area contributed by atoms with Crippen molar-refractivity contribution in [1.29, 1.82) is 0 Å². The van der Waals surface area contributed by atoms with E-state index in [0.29, 0.717) is 12.2 Å². The van der Waals surface area contributed by atoms with Gasteiger partial charge >= 0.3 is 6.09 Å². The van der Waals surface area contributed by atoms with Crippen LogP contribution >= 0.6 is 0 Å². The molecule has 2 N–H and O–H groups in total. The normalized spacial score (nSPS) is 25.5. The number of anilines is 1. The fourth-order valence-electron chi connectivity index (χ4n) is 3.71. The van der Waals surface area contributed by atoms with Crippen molar-refractivity contribution in [1.82, 2.24) is 14.7 Å². The molecule has 3 rings (SSSR count). The number of ether oxygens (including phenoxy) is 1. The topological polar surface area (TPSA) is 111 Å². The number of aromatic nitrogens is 2. The van der Waals surface area contributed by atoms with Gasteiger partial charge in [-0.15, -0.1) is 0 Å². The molecular formula is C18H27N5O4. The van der Waals surface area contributed by atoms with Crippen molar-refractivity contribution in [2.75, 3.05) is 4.90 Å². The van der Waals surface area contributed by atoms with Crippen molar-refractivity contribution >= 4 is 23.6 Å². The third kappa shape index (κ3) is 3.50. The summed E-state index contributed by atoms with van der Waals surface area (Å²) in [7, 11) is 0. The van der Waals surface area contributed by atoms with E-state index in [9.17, 15) is 14.4 Å². The minimum Gasteiger partial charge on any atom is -0.444 e. The number of carbonyl (C=O) groups excluding carboxylic acids is 3. The van der Waals surface area contributed by atoms with E-state index < -0.39 is 23.5 Å². The number of fused-ring (bicyclic) bond motifs is 1. The summed E-state index contributed by atoms with van der Waals surface area (Å²) < 4.78 is 7.31. The molecule has 9 nitrogen and oxygen atoms in total. The van der Waals surface area contributed by atoms with E-state index in [1.54, 1.807) is 20.7 Å². The Kier molecular flexibility index (Phi) is 4.65. The van der Waals surface area contributed by atoms with Crippen LogP contribution in [-0.2, 0) is 27.4 Å². The van der Waals surface area contributed by atoms with Crippen LogP contribution in [0.25, 0.3) is 0 Å². The highest BCUT2D eigenvalue weighted by molar-refractivity contribution is 6.01. The second-order valence-electron chi connectivity index (χ2n) is 8.33. The van der Waals surface area contributed by atoms with Gasteiger partial charge in [-0.05, 0) is 34.6 Å². The average molecular weight is 377 g/mol. The summed E-state index contributed by atoms with van der Waals surface area (Å²) in [5, 5.41) is 4.39. The Morgan fingerprint density at radius 3 is 2.52 bits per heavy atom. The Labute approximate surface area is 158 Å².